The van der Waals surface area contributed by atoms with Crippen molar-refractivity contribution in [2.75, 3.05) is 25.0 Å². The van der Waals surface area contributed by atoms with E-state index in [1.54, 1.807) is 11.1 Å². The molecule has 3 amide bonds. The number of pyridine rings is 1. The number of hydrogen-bond donors (Lipinski definition) is 1. The standard InChI is InChI=1S/C24H28N4O3/c29-23(22-2-1-13-31-22)27-11-8-18(9-12-27)17-3-5-21(6-4-17)26-24(30)28-15-19-7-10-25-14-20(19)16-28/h3-7,10,14,18,22H,1-2,8-9,11-13,15-16H2,(H,26,30)/t22-/m1/s1. The van der Waals surface area contributed by atoms with Crippen LogP contribution in [0.1, 0.15) is 48.3 Å². The maximum atomic E-state index is 12.6. The number of carbonyl (C=O) groups excluding carboxylic acids is 2. The number of urea groups is 1. The largest absolute Gasteiger partial charge is 0.368 e. The summed E-state index contributed by atoms with van der Waals surface area (Å²) in [5.41, 5.74) is 4.33. The van der Waals surface area contributed by atoms with Gasteiger partial charge in [-0.2, -0.15) is 0 Å². The van der Waals surface area contributed by atoms with E-state index in [2.05, 4.69) is 22.4 Å². The van der Waals surface area contributed by atoms with Crippen molar-refractivity contribution in [1.29, 1.82) is 0 Å². The Morgan fingerprint density at radius 3 is 2.45 bits per heavy atom. The van der Waals surface area contributed by atoms with E-state index < -0.39 is 0 Å². The first kappa shape index (κ1) is 20.0. The molecular weight excluding hydrogens is 392 g/mol. The third-order valence-electron chi connectivity index (χ3n) is 6.66. The highest BCUT2D eigenvalue weighted by atomic mass is 16.5. The number of nitrogens with one attached hydrogen (secondary N) is 1. The number of nitrogens with zero attached hydrogens (tertiary/aromatic N) is 3. The van der Waals surface area contributed by atoms with Crippen LogP contribution in [0.3, 0.4) is 0 Å². The Morgan fingerprint density at radius 2 is 1.74 bits per heavy atom. The lowest BCUT2D eigenvalue weighted by Gasteiger charge is -2.33. The van der Waals surface area contributed by atoms with Crippen molar-refractivity contribution in [3.05, 3.63) is 59.4 Å². The van der Waals surface area contributed by atoms with Crippen LogP contribution >= 0.6 is 0 Å². The molecule has 162 valence electrons. The number of likely N-dealkylation sites (tertiary alicyclic amines) is 1. The van der Waals surface area contributed by atoms with Crippen LogP contribution in [-0.2, 0) is 22.6 Å². The highest BCUT2D eigenvalue weighted by Crippen LogP contribution is 2.30. The maximum absolute atomic E-state index is 12.6. The van der Waals surface area contributed by atoms with E-state index in [0.717, 1.165) is 55.6 Å². The van der Waals surface area contributed by atoms with E-state index >= 15 is 0 Å². The van der Waals surface area contributed by atoms with E-state index in [0.29, 0.717) is 25.6 Å². The Balaban J connectivity index is 1.13. The third-order valence-corrected chi connectivity index (χ3v) is 6.66. The molecule has 2 aromatic rings. The first-order valence-corrected chi connectivity index (χ1v) is 11.2. The molecule has 2 fully saturated rings. The average molecular weight is 421 g/mol. The molecule has 0 radical (unpaired) electrons. The fourth-order valence-corrected chi connectivity index (χ4v) is 4.81. The third kappa shape index (κ3) is 4.28. The number of rotatable bonds is 3. The minimum atomic E-state index is -0.223. The Bertz CT molecular complexity index is 923. The van der Waals surface area contributed by atoms with Crippen molar-refractivity contribution in [3.8, 4) is 0 Å². The molecule has 0 spiro atoms. The lowest BCUT2D eigenvalue weighted by molar-refractivity contribution is -0.142. The van der Waals surface area contributed by atoms with Gasteiger partial charge in [0.15, 0.2) is 0 Å². The molecule has 5 rings (SSSR count). The smallest absolute Gasteiger partial charge is 0.322 e. The number of hydrogen-bond acceptors (Lipinski definition) is 4. The van der Waals surface area contributed by atoms with Crippen molar-refractivity contribution >= 4 is 17.6 Å². The van der Waals surface area contributed by atoms with Crippen molar-refractivity contribution in [1.82, 2.24) is 14.8 Å². The van der Waals surface area contributed by atoms with Crippen LogP contribution in [0, 0.1) is 0 Å². The van der Waals surface area contributed by atoms with Crippen LogP contribution in [0.2, 0.25) is 0 Å². The fraction of sp³-hybridized carbons (Fsp3) is 0.458. The van der Waals surface area contributed by atoms with Crippen LogP contribution < -0.4 is 5.32 Å². The Morgan fingerprint density at radius 1 is 0.968 bits per heavy atom. The van der Waals surface area contributed by atoms with E-state index in [9.17, 15) is 9.59 Å². The molecular formula is C24H28N4O3. The van der Waals surface area contributed by atoms with Gasteiger partial charge in [-0.25, -0.2) is 4.79 Å². The van der Waals surface area contributed by atoms with Gasteiger partial charge in [0.25, 0.3) is 5.91 Å². The maximum Gasteiger partial charge on any atom is 0.322 e. The van der Waals surface area contributed by atoms with Crippen molar-refractivity contribution in [2.45, 2.75) is 50.8 Å². The monoisotopic (exact) mass is 420 g/mol. The molecule has 1 aromatic carbocycles. The number of amides is 3. The zero-order chi connectivity index (χ0) is 21.2. The number of anilines is 1. The van der Waals surface area contributed by atoms with Gasteiger partial charge in [0.1, 0.15) is 6.10 Å². The van der Waals surface area contributed by atoms with Gasteiger partial charge in [0.2, 0.25) is 0 Å². The zero-order valence-electron chi connectivity index (χ0n) is 17.6. The Hall–Kier alpha value is -2.93. The first-order valence-electron chi connectivity index (χ1n) is 11.2. The molecule has 3 aliphatic heterocycles. The summed E-state index contributed by atoms with van der Waals surface area (Å²) in [6.45, 7) is 3.48. The van der Waals surface area contributed by atoms with E-state index in [1.165, 1.54) is 5.56 Å². The lowest BCUT2D eigenvalue weighted by atomic mass is 9.89. The minimum Gasteiger partial charge on any atom is -0.368 e. The summed E-state index contributed by atoms with van der Waals surface area (Å²) in [5.74, 6) is 0.604. The normalized spacial score (nSPS) is 21.2. The highest BCUT2D eigenvalue weighted by molar-refractivity contribution is 5.89. The average Bonchev–Trinajstić information content (AvgIpc) is 3.49. The van der Waals surface area contributed by atoms with E-state index in [1.807, 2.05) is 29.3 Å². The summed E-state index contributed by atoms with van der Waals surface area (Å²) in [7, 11) is 0. The van der Waals surface area contributed by atoms with Gasteiger partial charge in [-0.05, 0) is 66.5 Å². The summed E-state index contributed by atoms with van der Waals surface area (Å²) in [6, 6.07) is 10.0. The second kappa shape index (κ2) is 8.67. The predicted molar refractivity (Wildman–Crippen MR) is 116 cm³/mol. The number of aromatic nitrogens is 1. The molecule has 0 saturated carbocycles. The van der Waals surface area contributed by atoms with Crippen molar-refractivity contribution in [2.24, 2.45) is 0 Å². The summed E-state index contributed by atoms with van der Waals surface area (Å²) in [5, 5.41) is 3.00. The summed E-state index contributed by atoms with van der Waals surface area (Å²) in [6.07, 6.45) is 7.14. The molecule has 0 aliphatic carbocycles. The quantitative estimate of drug-likeness (QED) is 0.825. The summed E-state index contributed by atoms with van der Waals surface area (Å²) >= 11 is 0. The SMILES string of the molecule is O=C(Nc1ccc(C2CCN(C(=O)[C@H]3CCCO3)CC2)cc1)N1Cc2ccncc2C1. The molecule has 7 heteroatoms. The lowest BCUT2D eigenvalue weighted by Crippen LogP contribution is -2.43. The summed E-state index contributed by atoms with van der Waals surface area (Å²) < 4.78 is 5.55. The topological polar surface area (TPSA) is 74.8 Å². The summed E-state index contributed by atoms with van der Waals surface area (Å²) in [4.78, 5) is 33.0. The second-order valence-electron chi connectivity index (χ2n) is 8.65. The molecule has 1 aromatic heterocycles. The van der Waals surface area contributed by atoms with Crippen LogP contribution in [0.5, 0.6) is 0 Å². The highest BCUT2D eigenvalue weighted by Gasteiger charge is 2.31. The number of benzene rings is 1. The molecule has 1 atom stereocenters. The van der Waals surface area contributed by atoms with Crippen LogP contribution in [-0.4, -0.2) is 52.5 Å². The minimum absolute atomic E-state index is 0.0927. The van der Waals surface area contributed by atoms with Crippen LogP contribution in [0.25, 0.3) is 0 Å². The molecule has 0 bridgehead atoms. The van der Waals surface area contributed by atoms with E-state index in [4.69, 9.17) is 4.74 Å². The van der Waals surface area contributed by atoms with E-state index in [-0.39, 0.29) is 18.0 Å². The van der Waals surface area contributed by atoms with Gasteiger partial charge in [0.05, 0.1) is 0 Å². The number of carbonyl (C=O) groups is 2. The zero-order valence-corrected chi connectivity index (χ0v) is 17.6. The van der Waals surface area contributed by atoms with Gasteiger partial charge in [-0.3, -0.25) is 9.78 Å². The van der Waals surface area contributed by atoms with Gasteiger partial charge in [-0.15, -0.1) is 0 Å². The van der Waals surface area contributed by atoms with Crippen molar-refractivity contribution < 1.29 is 14.3 Å². The molecule has 1 N–H and O–H groups in total. The number of piperidine rings is 1. The number of ether oxygens (including phenoxy) is 1. The number of fused-ring (bicyclic) bond motifs is 1. The molecule has 2 saturated heterocycles. The molecule has 4 heterocycles. The van der Waals surface area contributed by atoms with Gasteiger partial charge >= 0.3 is 6.03 Å². The van der Waals surface area contributed by atoms with Crippen LogP contribution in [0.4, 0.5) is 10.5 Å². The molecule has 3 aliphatic rings. The molecule has 0 unspecified atom stereocenters. The second-order valence-corrected chi connectivity index (χ2v) is 8.65. The predicted octanol–water partition coefficient (Wildman–Crippen LogP) is 3.51. The van der Waals surface area contributed by atoms with Gasteiger partial charge in [0, 0.05) is 50.9 Å². The Kier molecular flexibility index (Phi) is 5.59. The van der Waals surface area contributed by atoms with Crippen molar-refractivity contribution in [3.63, 3.8) is 0 Å². The fourth-order valence-electron chi connectivity index (χ4n) is 4.81. The van der Waals surface area contributed by atoms with Gasteiger partial charge in [-0.1, -0.05) is 12.1 Å². The Labute approximate surface area is 182 Å². The van der Waals surface area contributed by atoms with Gasteiger partial charge < -0.3 is 19.9 Å². The molecule has 31 heavy (non-hydrogen) atoms. The molecule has 7 nitrogen and oxygen atoms in total. The van der Waals surface area contributed by atoms with Crippen LogP contribution in [0.15, 0.2) is 42.7 Å². The first-order chi connectivity index (χ1) is 15.2.